The summed E-state index contributed by atoms with van der Waals surface area (Å²) in [6.45, 7) is 0. The van der Waals surface area contributed by atoms with Gasteiger partial charge in [-0.2, -0.15) is 0 Å². The van der Waals surface area contributed by atoms with Crippen molar-refractivity contribution in [3.63, 3.8) is 0 Å². The topological polar surface area (TPSA) is 25.8 Å². The Morgan fingerprint density at radius 1 is 0.857 bits per heavy atom. The summed E-state index contributed by atoms with van der Waals surface area (Å²) in [4.78, 5) is 7.79. The third kappa shape index (κ3) is 1.33. The lowest BCUT2D eigenvalue weighted by Crippen LogP contribution is -1.94. The highest BCUT2D eigenvalue weighted by molar-refractivity contribution is 9.11. The van der Waals surface area contributed by atoms with Crippen LogP contribution in [0.3, 0.4) is 0 Å². The van der Waals surface area contributed by atoms with Gasteiger partial charge in [0.1, 0.15) is 11.0 Å². The van der Waals surface area contributed by atoms with Crippen molar-refractivity contribution in [3.8, 4) is 0 Å². The molecule has 0 atom stereocenters. The van der Waals surface area contributed by atoms with E-state index in [2.05, 4.69) is 41.8 Å². The van der Waals surface area contributed by atoms with Crippen LogP contribution in [0.15, 0.2) is 21.3 Å². The van der Waals surface area contributed by atoms with Crippen molar-refractivity contribution in [2.75, 3.05) is 0 Å². The molecule has 6 heteroatoms. The van der Waals surface area contributed by atoms with E-state index in [1.807, 2.05) is 0 Å². The molecule has 0 saturated heterocycles. The molecule has 72 valence electrons. The van der Waals surface area contributed by atoms with Gasteiger partial charge in [0.25, 0.3) is 0 Å². The Bertz CT molecular complexity index is 470. The lowest BCUT2D eigenvalue weighted by molar-refractivity contribution is 0.502. The largest absolute Gasteiger partial charge is 0.252 e. The smallest absolute Gasteiger partial charge is 0.176 e. The van der Waals surface area contributed by atoms with Crippen molar-refractivity contribution in [2.45, 2.75) is 0 Å². The van der Waals surface area contributed by atoms with E-state index in [9.17, 15) is 8.78 Å². The van der Waals surface area contributed by atoms with Crippen LogP contribution in [0, 0.1) is 11.6 Å². The van der Waals surface area contributed by atoms with Crippen LogP contribution in [0.5, 0.6) is 0 Å². The Morgan fingerprint density at radius 2 is 1.21 bits per heavy atom. The third-order valence-electron chi connectivity index (χ3n) is 1.69. The third-order valence-corrected chi connectivity index (χ3v) is 3.14. The first kappa shape index (κ1) is 9.92. The predicted molar refractivity (Wildman–Crippen MR) is 54.9 cm³/mol. The van der Waals surface area contributed by atoms with E-state index in [0.29, 0.717) is 11.0 Å². The Kier molecular flexibility index (Phi) is 2.48. The van der Waals surface area contributed by atoms with E-state index in [4.69, 9.17) is 0 Å². The number of benzene rings is 1. The minimum absolute atomic E-state index is 0.0127. The van der Waals surface area contributed by atoms with E-state index >= 15 is 0 Å². The van der Waals surface area contributed by atoms with Crippen LogP contribution in [-0.4, -0.2) is 9.97 Å². The maximum absolute atomic E-state index is 13.2. The van der Waals surface area contributed by atoms with Gasteiger partial charge in [0.05, 0.1) is 8.95 Å². The molecule has 0 aliphatic heterocycles. The van der Waals surface area contributed by atoms with E-state index in [1.165, 1.54) is 12.4 Å². The van der Waals surface area contributed by atoms with Crippen LogP contribution >= 0.6 is 31.9 Å². The summed E-state index contributed by atoms with van der Waals surface area (Å²) in [5.41, 5.74) is 0.580. The summed E-state index contributed by atoms with van der Waals surface area (Å²) in [7, 11) is 0. The second-order valence-electron chi connectivity index (χ2n) is 2.51. The average molecular weight is 324 g/mol. The molecule has 1 aromatic heterocycles. The van der Waals surface area contributed by atoms with Gasteiger partial charge in [-0.05, 0) is 31.9 Å². The highest BCUT2D eigenvalue weighted by atomic mass is 79.9. The van der Waals surface area contributed by atoms with Gasteiger partial charge in [-0.3, -0.25) is 9.97 Å². The fraction of sp³-hybridized carbons (Fsp3) is 0. The van der Waals surface area contributed by atoms with E-state index in [-0.39, 0.29) is 8.95 Å². The van der Waals surface area contributed by atoms with Gasteiger partial charge in [-0.25, -0.2) is 8.78 Å². The standard InChI is InChI=1S/C8H2Br2F2N2/c9-3-5(11)6(12)4(10)8-7(3)13-1-2-14-8/h1-2H. The van der Waals surface area contributed by atoms with E-state index in [0.717, 1.165) is 0 Å². The highest BCUT2D eigenvalue weighted by Crippen LogP contribution is 2.32. The minimum Gasteiger partial charge on any atom is -0.252 e. The van der Waals surface area contributed by atoms with E-state index < -0.39 is 11.6 Å². The molecule has 0 aliphatic carbocycles. The first-order valence-corrected chi connectivity index (χ1v) is 5.14. The molecular formula is C8H2Br2F2N2. The Hall–Kier alpha value is -0.620. The van der Waals surface area contributed by atoms with Crippen molar-refractivity contribution in [1.82, 2.24) is 9.97 Å². The zero-order chi connectivity index (χ0) is 10.3. The molecule has 2 aromatic rings. The molecule has 14 heavy (non-hydrogen) atoms. The summed E-state index contributed by atoms with van der Waals surface area (Å²) in [6.07, 6.45) is 2.83. The second-order valence-corrected chi connectivity index (χ2v) is 4.10. The maximum Gasteiger partial charge on any atom is 0.176 e. The molecule has 0 radical (unpaired) electrons. The Labute approximate surface area is 94.6 Å². The molecule has 2 rings (SSSR count). The molecule has 2 nitrogen and oxygen atoms in total. The van der Waals surface area contributed by atoms with Gasteiger partial charge in [0.15, 0.2) is 11.6 Å². The first-order chi connectivity index (χ1) is 6.63. The summed E-state index contributed by atoms with van der Waals surface area (Å²) in [5, 5.41) is 0. The molecule has 0 fully saturated rings. The Morgan fingerprint density at radius 3 is 1.57 bits per heavy atom. The number of aromatic nitrogens is 2. The summed E-state index contributed by atoms with van der Waals surface area (Å²) in [6, 6.07) is 0. The van der Waals surface area contributed by atoms with Crippen LogP contribution in [0.4, 0.5) is 8.78 Å². The number of halogens is 4. The SMILES string of the molecule is Fc1c(F)c(Br)c2nccnc2c1Br. The lowest BCUT2D eigenvalue weighted by atomic mass is 10.3. The van der Waals surface area contributed by atoms with Crippen molar-refractivity contribution < 1.29 is 8.78 Å². The minimum atomic E-state index is -0.968. The first-order valence-electron chi connectivity index (χ1n) is 3.55. The monoisotopic (exact) mass is 322 g/mol. The fourth-order valence-electron chi connectivity index (χ4n) is 1.06. The number of hydrogen-bond donors (Lipinski definition) is 0. The zero-order valence-electron chi connectivity index (χ0n) is 6.56. The van der Waals surface area contributed by atoms with Crippen molar-refractivity contribution in [2.24, 2.45) is 0 Å². The van der Waals surface area contributed by atoms with Crippen LogP contribution in [0.25, 0.3) is 11.0 Å². The van der Waals surface area contributed by atoms with Crippen LogP contribution in [0.1, 0.15) is 0 Å². The van der Waals surface area contributed by atoms with Gasteiger partial charge in [0.2, 0.25) is 0 Å². The summed E-state index contributed by atoms with van der Waals surface area (Å²) >= 11 is 5.85. The zero-order valence-corrected chi connectivity index (χ0v) is 9.73. The number of rotatable bonds is 0. The van der Waals surface area contributed by atoms with Crippen molar-refractivity contribution >= 4 is 42.9 Å². The maximum atomic E-state index is 13.2. The molecule has 0 aliphatic rings. The molecule has 1 heterocycles. The predicted octanol–water partition coefficient (Wildman–Crippen LogP) is 3.43. The molecule has 0 spiro atoms. The lowest BCUT2D eigenvalue weighted by Gasteiger charge is -2.04. The quantitative estimate of drug-likeness (QED) is 0.548. The number of fused-ring (bicyclic) bond motifs is 1. The van der Waals surface area contributed by atoms with Crippen LogP contribution < -0.4 is 0 Å². The molecule has 1 aromatic carbocycles. The molecule has 0 N–H and O–H groups in total. The normalized spacial score (nSPS) is 10.9. The molecular weight excluding hydrogens is 322 g/mol. The molecule has 0 saturated carbocycles. The highest BCUT2D eigenvalue weighted by Gasteiger charge is 2.18. The molecule has 0 amide bonds. The van der Waals surface area contributed by atoms with E-state index in [1.54, 1.807) is 0 Å². The average Bonchev–Trinajstić information content (AvgIpc) is 2.23. The summed E-state index contributed by atoms with van der Waals surface area (Å²) in [5.74, 6) is -1.94. The van der Waals surface area contributed by atoms with Crippen LogP contribution in [0.2, 0.25) is 0 Å². The fourth-order valence-corrected chi connectivity index (χ4v) is 1.99. The van der Waals surface area contributed by atoms with Gasteiger partial charge < -0.3 is 0 Å². The van der Waals surface area contributed by atoms with Crippen LogP contribution in [-0.2, 0) is 0 Å². The number of nitrogens with zero attached hydrogens (tertiary/aromatic N) is 2. The van der Waals surface area contributed by atoms with Crippen molar-refractivity contribution in [1.29, 1.82) is 0 Å². The van der Waals surface area contributed by atoms with Gasteiger partial charge >= 0.3 is 0 Å². The molecule has 0 bridgehead atoms. The number of hydrogen-bond acceptors (Lipinski definition) is 2. The second kappa shape index (κ2) is 3.51. The summed E-state index contributed by atoms with van der Waals surface area (Å²) < 4.78 is 26.4. The van der Waals surface area contributed by atoms with Gasteiger partial charge in [-0.15, -0.1) is 0 Å². The van der Waals surface area contributed by atoms with Gasteiger partial charge in [-0.1, -0.05) is 0 Å². The van der Waals surface area contributed by atoms with Crippen molar-refractivity contribution in [3.05, 3.63) is 33.0 Å². The van der Waals surface area contributed by atoms with Gasteiger partial charge in [0, 0.05) is 12.4 Å². The molecule has 0 unspecified atom stereocenters. The Balaban J connectivity index is 3.02.